The predicted octanol–water partition coefficient (Wildman–Crippen LogP) is -4.90. The zero-order valence-corrected chi connectivity index (χ0v) is 14.2. The maximum atomic E-state index is 6.26. The van der Waals surface area contributed by atoms with Crippen LogP contribution in [0, 0.1) is 0 Å². The number of rotatable bonds is 1. The number of hydrogen-bond acceptors (Lipinski definition) is 0. The minimum absolute atomic E-state index is 0. The molecule has 0 unspecified atom stereocenters. The molecule has 26 valence electrons. The summed E-state index contributed by atoms with van der Waals surface area (Å²) in [4.78, 5) is 0. The third kappa shape index (κ3) is 15.6. The van der Waals surface area contributed by atoms with Crippen molar-refractivity contribution in [1.29, 1.82) is 0 Å². The Morgan fingerprint density at radius 2 is 1.00 bits per heavy atom. The normalized spacial score (nSPS) is 5.00. The van der Waals surface area contributed by atoms with Gasteiger partial charge in [0.25, 0.3) is 0 Å². The van der Waals surface area contributed by atoms with E-state index in [9.17, 15) is 0 Å². The van der Waals surface area contributed by atoms with Gasteiger partial charge in [-0.15, -0.1) is 0 Å². The Balaban J connectivity index is -0.0000000450. The van der Waals surface area contributed by atoms with Crippen molar-refractivity contribution < 1.29 is 116 Å². The van der Waals surface area contributed by atoms with E-state index in [0.29, 0.717) is 0 Å². The van der Waals surface area contributed by atoms with Crippen LogP contribution in [0.1, 0.15) is 0 Å². The molecule has 0 aliphatic carbocycles. The molecular weight excluding hydrogens is 223 g/mol. The molecule has 0 radical (unpaired) electrons. The largest absolute Gasteiger partial charge is 1.00 e. The fourth-order valence-electron chi connectivity index (χ4n) is 0. The fraction of sp³-hybridized carbons (Fsp3) is 1.00. The first-order valence-electron chi connectivity index (χ1n) is 1.21. The standard InChI is InChI=1S/C2H6N2.2Rb/c3-1-2-4;;/h3-4H,1-2H2;;/q-2;2*+1. The van der Waals surface area contributed by atoms with E-state index in [1.54, 1.807) is 0 Å². The van der Waals surface area contributed by atoms with E-state index >= 15 is 0 Å². The molecule has 0 saturated heterocycles. The van der Waals surface area contributed by atoms with Crippen LogP contribution in [0.5, 0.6) is 0 Å². The van der Waals surface area contributed by atoms with Crippen LogP contribution in [0.15, 0.2) is 0 Å². The van der Waals surface area contributed by atoms with Crippen molar-refractivity contribution in [2.75, 3.05) is 13.1 Å². The molecule has 0 atom stereocenters. The Hall–Kier alpha value is 3.53. The average molecular weight is 229 g/mol. The summed E-state index contributed by atoms with van der Waals surface area (Å²) in [7, 11) is 0. The number of hydrogen-bond donors (Lipinski definition) is 0. The third-order valence-corrected chi connectivity index (χ3v) is 0.125. The molecular formula is C2H6N2Rb2. The Kier molecular flexibility index (Phi) is 42.9. The molecule has 0 aromatic heterocycles. The molecule has 0 fully saturated rings. The molecule has 0 spiro atoms. The van der Waals surface area contributed by atoms with E-state index in [2.05, 4.69) is 0 Å². The smallest absolute Gasteiger partial charge is 0.679 e. The second-order valence-corrected chi connectivity index (χ2v) is 0.500. The van der Waals surface area contributed by atoms with E-state index < -0.39 is 0 Å². The Morgan fingerprint density at radius 1 is 0.833 bits per heavy atom. The molecule has 0 rings (SSSR count). The van der Waals surface area contributed by atoms with Crippen molar-refractivity contribution in [3.63, 3.8) is 0 Å². The molecule has 0 aromatic carbocycles. The van der Waals surface area contributed by atoms with Crippen LogP contribution in [0.2, 0.25) is 0 Å². The van der Waals surface area contributed by atoms with Crippen molar-refractivity contribution in [2.24, 2.45) is 0 Å². The van der Waals surface area contributed by atoms with E-state index in [0.717, 1.165) is 0 Å². The van der Waals surface area contributed by atoms with Crippen molar-refractivity contribution in [3.05, 3.63) is 11.5 Å². The van der Waals surface area contributed by atoms with Gasteiger partial charge in [-0.25, -0.2) is 0 Å². The van der Waals surface area contributed by atoms with E-state index in [1.807, 2.05) is 0 Å². The second-order valence-electron chi connectivity index (χ2n) is 0.500. The van der Waals surface area contributed by atoms with Gasteiger partial charge >= 0.3 is 116 Å². The zero-order valence-electron chi connectivity index (χ0n) is 4.41. The SMILES string of the molecule is [NH-]CC[NH-].[Rb+].[Rb+]. The summed E-state index contributed by atoms with van der Waals surface area (Å²) < 4.78 is 0. The van der Waals surface area contributed by atoms with E-state index in [1.165, 1.54) is 0 Å². The molecule has 0 aromatic rings. The van der Waals surface area contributed by atoms with Crippen LogP contribution in [0.4, 0.5) is 0 Å². The minimum atomic E-state index is 0. The Labute approximate surface area is 136 Å². The van der Waals surface area contributed by atoms with Gasteiger partial charge in [-0.3, -0.25) is 0 Å². The Morgan fingerprint density at radius 3 is 1.00 bits per heavy atom. The second kappa shape index (κ2) is 15.8. The van der Waals surface area contributed by atoms with E-state index in [-0.39, 0.29) is 129 Å². The van der Waals surface area contributed by atoms with E-state index in [4.69, 9.17) is 11.5 Å². The Bertz CT molecular complexity index is 11.5. The molecule has 0 heterocycles. The van der Waals surface area contributed by atoms with Gasteiger partial charge < -0.3 is 11.5 Å². The van der Waals surface area contributed by atoms with Gasteiger partial charge in [-0.05, 0) is 0 Å². The van der Waals surface area contributed by atoms with Gasteiger partial charge in [-0.1, -0.05) is 0 Å². The molecule has 0 saturated carbocycles. The van der Waals surface area contributed by atoms with Crippen molar-refractivity contribution in [3.8, 4) is 0 Å². The van der Waals surface area contributed by atoms with Crippen LogP contribution >= 0.6 is 0 Å². The first-order chi connectivity index (χ1) is 1.91. The number of nitrogens with one attached hydrogen (secondary N) is 2. The maximum Gasteiger partial charge on any atom is 1.00 e. The summed E-state index contributed by atoms with van der Waals surface area (Å²) in [5, 5.41) is 0. The summed E-state index contributed by atoms with van der Waals surface area (Å²) in [5.41, 5.74) is 12.5. The molecule has 0 aliphatic heterocycles. The first-order valence-corrected chi connectivity index (χ1v) is 1.21. The maximum absolute atomic E-state index is 6.26. The summed E-state index contributed by atoms with van der Waals surface area (Å²) in [6, 6.07) is 0. The van der Waals surface area contributed by atoms with Crippen molar-refractivity contribution in [1.82, 2.24) is 0 Å². The van der Waals surface area contributed by atoms with Gasteiger partial charge in [0, 0.05) is 0 Å². The first kappa shape index (κ1) is 16.3. The van der Waals surface area contributed by atoms with Crippen LogP contribution in [0.25, 0.3) is 11.5 Å². The quantitative estimate of drug-likeness (QED) is 0.433. The van der Waals surface area contributed by atoms with Crippen LogP contribution < -0.4 is 116 Å². The predicted molar refractivity (Wildman–Crippen MR) is 18.4 cm³/mol. The van der Waals surface area contributed by atoms with Gasteiger partial charge in [0.1, 0.15) is 0 Å². The van der Waals surface area contributed by atoms with Gasteiger partial charge in [0.05, 0.1) is 0 Å². The molecule has 2 N–H and O–H groups in total. The fourth-order valence-corrected chi connectivity index (χ4v) is 0. The topological polar surface area (TPSA) is 47.6 Å². The summed E-state index contributed by atoms with van der Waals surface area (Å²) >= 11 is 0. The van der Waals surface area contributed by atoms with Gasteiger partial charge in [0.2, 0.25) is 0 Å². The van der Waals surface area contributed by atoms with Crippen molar-refractivity contribution >= 4 is 0 Å². The summed E-state index contributed by atoms with van der Waals surface area (Å²) in [6.07, 6.45) is 0. The molecule has 6 heavy (non-hydrogen) atoms. The third-order valence-electron chi connectivity index (χ3n) is 0.125. The summed E-state index contributed by atoms with van der Waals surface area (Å²) in [6.45, 7) is 0.472. The minimum Gasteiger partial charge on any atom is -0.679 e. The van der Waals surface area contributed by atoms with Crippen LogP contribution in [-0.4, -0.2) is 13.1 Å². The van der Waals surface area contributed by atoms with Gasteiger partial charge in [-0.2, -0.15) is 13.1 Å². The molecule has 0 bridgehead atoms. The zero-order chi connectivity index (χ0) is 3.41. The molecule has 0 aliphatic rings. The average Bonchev–Trinajstić information content (AvgIpc) is 1.37. The summed E-state index contributed by atoms with van der Waals surface area (Å²) in [5.74, 6) is 0. The molecule has 4 heteroatoms. The molecule has 0 amide bonds. The van der Waals surface area contributed by atoms with Gasteiger partial charge in [0.15, 0.2) is 0 Å². The monoisotopic (exact) mass is 228 g/mol. The van der Waals surface area contributed by atoms with Crippen molar-refractivity contribution in [2.45, 2.75) is 0 Å². The van der Waals surface area contributed by atoms with Crippen LogP contribution in [-0.2, 0) is 0 Å². The molecule has 2 nitrogen and oxygen atoms in total. The van der Waals surface area contributed by atoms with Crippen LogP contribution in [0.3, 0.4) is 0 Å².